The van der Waals surface area contributed by atoms with Crippen LogP contribution in [-0.4, -0.2) is 0 Å². The lowest BCUT2D eigenvalue weighted by Crippen LogP contribution is -2.12. The van der Waals surface area contributed by atoms with Gasteiger partial charge in [0.1, 0.15) is 11.2 Å². The molecule has 0 aliphatic heterocycles. The number of hydrogen-bond acceptors (Lipinski definition) is 2. The van der Waals surface area contributed by atoms with Gasteiger partial charge in [0.25, 0.3) is 0 Å². The van der Waals surface area contributed by atoms with Gasteiger partial charge in [0.15, 0.2) is 0 Å². The fraction of sp³-hybridized carbons (Fsp3) is 0. The summed E-state index contributed by atoms with van der Waals surface area (Å²) in [7, 11) is 0. The summed E-state index contributed by atoms with van der Waals surface area (Å²) in [6.07, 6.45) is 0. The van der Waals surface area contributed by atoms with Crippen molar-refractivity contribution in [2.75, 3.05) is 4.90 Å². The molecule has 0 N–H and O–H groups in total. The molecule has 244 valence electrons. The summed E-state index contributed by atoms with van der Waals surface area (Å²) in [5, 5.41) is 7.19. The summed E-state index contributed by atoms with van der Waals surface area (Å²) < 4.78 is 6.22. The molecule has 0 bridgehead atoms. The molecule has 52 heavy (non-hydrogen) atoms. The summed E-state index contributed by atoms with van der Waals surface area (Å²) >= 11 is 0. The quantitative estimate of drug-likeness (QED) is 0.176. The van der Waals surface area contributed by atoms with Crippen molar-refractivity contribution in [1.82, 2.24) is 0 Å². The lowest BCUT2D eigenvalue weighted by molar-refractivity contribution is 0.669. The van der Waals surface area contributed by atoms with E-state index >= 15 is 0 Å². The Balaban J connectivity index is 1.19. The van der Waals surface area contributed by atoms with E-state index in [0.717, 1.165) is 50.1 Å². The average molecular weight is 664 g/mol. The van der Waals surface area contributed by atoms with Gasteiger partial charge in [0.2, 0.25) is 0 Å². The number of furan rings is 1. The van der Waals surface area contributed by atoms with E-state index in [-0.39, 0.29) is 0 Å². The van der Waals surface area contributed by atoms with Crippen molar-refractivity contribution >= 4 is 60.5 Å². The van der Waals surface area contributed by atoms with Gasteiger partial charge in [-0.2, -0.15) is 0 Å². The molecule has 9 aromatic carbocycles. The molecule has 0 atom stereocenters. The van der Waals surface area contributed by atoms with Gasteiger partial charge in [-0.1, -0.05) is 158 Å². The molecule has 10 rings (SSSR count). The molecule has 0 fully saturated rings. The summed E-state index contributed by atoms with van der Waals surface area (Å²) in [5.41, 5.74) is 12.2. The molecule has 0 unspecified atom stereocenters. The van der Waals surface area contributed by atoms with Crippen LogP contribution in [0.1, 0.15) is 0 Å². The van der Waals surface area contributed by atoms with Gasteiger partial charge in [-0.05, 0) is 86.3 Å². The molecular weight excluding hydrogens is 631 g/mol. The molecule has 0 amide bonds. The normalized spacial score (nSPS) is 11.5. The zero-order valence-electron chi connectivity index (χ0n) is 28.4. The van der Waals surface area contributed by atoms with Crippen LogP contribution < -0.4 is 4.90 Å². The van der Waals surface area contributed by atoms with E-state index in [1.807, 2.05) is 12.1 Å². The van der Waals surface area contributed by atoms with Gasteiger partial charge in [-0.15, -0.1) is 0 Å². The van der Waals surface area contributed by atoms with E-state index in [1.54, 1.807) is 0 Å². The van der Waals surface area contributed by atoms with E-state index in [4.69, 9.17) is 4.42 Å². The fourth-order valence-corrected chi connectivity index (χ4v) is 7.84. The Bertz CT molecular complexity index is 2910. The zero-order chi connectivity index (χ0) is 34.4. The summed E-state index contributed by atoms with van der Waals surface area (Å²) in [6.45, 7) is 0. The first kappa shape index (κ1) is 30.0. The Hall–Kier alpha value is -6.90. The minimum Gasteiger partial charge on any atom is -0.456 e. The number of para-hydroxylation sites is 3. The van der Waals surface area contributed by atoms with Crippen LogP contribution in [0.5, 0.6) is 0 Å². The first-order valence-corrected chi connectivity index (χ1v) is 17.8. The molecule has 0 spiro atoms. The Labute approximate surface area is 302 Å². The number of benzene rings is 9. The van der Waals surface area contributed by atoms with Crippen LogP contribution in [0.2, 0.25) is 0 Å². The maximum absolute atomic E-state index is 6.22. The van der Waals surface area contributed by atoms with Crippen LogP contribution in [0.4, 0.5) is 17.1 Å². The van der Waals surface area contributed by atoms with Gasteiger partial charge < -0.3 is 9.32 Å². The molecule has 1 heterocycles. The van der Waals surface area contributed by atoms with Crippen LogP contribution in [0, 0.1) is 0 Å². The first-order chi connectivity index (χ1) is 25.8. The lowest BCUT2D eigenvalue weighted by atomic mass is 9.94. The van der Waals surface area contributed by atoms with Gasteiger partial charge in [-0.25, -0.2) is 0 Å². The third-order valence-electron chi connectivity index (χ3n) is 10.3. The third-order valence-corrected chi connectivity index (χ3v) is 10.3. The van der Waals surface area contributed by atoms with Crippen molar-refractivity contribution in [3.05, 3.63) is 200 Å². The van der Waals surface area contributed by atoms with Crippen LogP contribution in [0.15, 0.2) is 205 Å². The Kier molecular flexibility index (Phi) is 7.18. The van der Waals surface area contributed by atoms with Crippen molar-refractivity contribution in [2.24, 2.45) is 0 Å². The van der Waals surface area contributed by atoms with Crippen molar-refractivity contribution < 1.29 is 4.42 Å². The van der Waals surface area contributed by atoms with Gasteiger partial charge in [-0.3, -0.25) is 0 Å². The second kappa shape index (κ2) is 12.5. The highest BCUT2D eigenvalue weighted by molar-refractivity contribution is 6.07. The molecule has 2 nitrogen and oxygen atoms in total. The maximum Gasteiger partial charge on any atom is 0.135 e. The molecule has 0 saturated carbocycles. The zero-order valence-corrected chi connectivity index (χ0v) is 28.4. The molecular formula is C50H33NO. The van der Waals surface area contributed by atoms with Crippen LogP contribution in [-0.2, 0) is 0 Å². The number of nitrogens with zero attached hydrogens (tertiary/aromatic N) is 1. The summed E-state index contributed by atoms with van der Waals surface area (Å²) in [5.74, 6) is 0. The smallest absolute Gasteiger partial charge is 0.135 e. The van der Waals surface area contributed by atoms with E-state index in [2.05, 4.69) is 193 Å². The third kappa shape index (κ3) is 5.04. The van der Waals surface area contributed by atoms with Crippen molar-refractivity contribution in [3.63, 3.8) is 0 Å². The van der Waals surface area contributed by atoms with Crippen molar-refractivity contribution in [2.45, 2.75) is 0 Å². The lowest BCUT2D eigenvalue weighted by Gasteiger charge is -2.30. The Morgan fingerprint density at radius 1 is 0.308 bits per heavy atom. The number of rotatable bonds is 6. The molecule has 0 aliphatic rings. The van der Waals surface area contributed by atoms with Gasteiger partial charge in [0.05, 0.1) is 11.4 Å². The SMILES string of the molecule is c1ccc(N(c2ccc(-c3cccc4ccccc34)cc2)c2ccccc2-c2cccc3ccccc23)c(-c2ccc3oc4ccccc4c3c2)c1. The van der Waals surface area contributed by atoms with E-state index in [0.29, 0.717) is 0 Å². The molecule has 1 aromatic heterocycles. The average Bonchev–Trinajstić information content (AvgIpc) is 3.59. The largest absolute Gasteiger partial charge is 0.456 e. The standard InChI is InChI=1S/C50H33NO/c1-3-17-39-34(13-1)15-11-22-40(39)36-27-30-38(31-28-36)51(48-25-9-6-20-44(48)43-23-12-16-35-14-2-4-18-41(35)43)47-24-8-5-19-42(47)37-29-32-50-46(33-37)45-21-7-10-26-49(45)52-50/h1-33H. The predicted octanol–water partition coefficient (Wildman–Crippen LogP) is 14.4. The monoisotopic (exact) mass is 663 g/mol. The van der Waals surface area contributed by atoms with Gasteiger partial charge >= 0.3 is 0 Å². The molecule has 0 saturated heterocycles. The minimum absolute atomic E-state index is 0.893. The molecule has 2 heteroatoms. The highest BCUT2D eigenvalue weighted by atomic mass is 16.3. The Morgan fingerprint density at radius 2 is 0.808 bits per heavy atom. The molecule has 10 aromatic rings. The van der Waals surface area contributed by atoms with Crippen LogP contribution in [0.25, 0.3) is 76.9 Å². The second-order valence-corrected chi connectivity index (χ2v) is 13.3. The highest BCUT2D eigenvalue weighted by Crippen LogP contribution is 2.46. The maximum atomic E-state index is 6.22. The molecule has 0 aliphatic carbocycles. The Morgan fingerprint density at radius 3 is 1.56 bits per heavy atom. The van der Waals surface area contributed by atoms with Crippen LogP contribution in [0.3, 0.4) is 0 Å². The number of hydrogen-bond donors (Lipinski definition) is 0. The highest BCUT2D eigenvalue weighted by Gasteiger charge is 2.22. The fourth-order valence-electron chi connectivity index (χ4n) is 7.84. The summed E-state index contributed by atoms with van der Waals surface area (Å²) in [4.78, 5) is 2.43. The number of anilines is 3. The number of fused-ring (bicyclic) bond motifs is 5. The minimum atomic E-state index is 0.893. The van der Waals surface area contributed by atoms with Crippen LogP contribution >= 0.6 is 0 Å². The first-order valence-electron chi connectivity index (χ1n) is 17.8. The van der Waals surface area contributed by atoms with E-state index in [9.17, 15) is 0 Å². The van der Waals surface area contributed by atoms with Crippen molar-refractivity contribution in [3.8, 4) is 33.4 Å². The summed E-state index contributed by atoms with van der Waals surface area (Å²) in [6, 6.07) is 71.8. The predicted molar refractivity (Wildman–Crippen MR) is 220 cm³/mol. The topological polar surface area (TPSA) is 16.4 Å². The second-order valence-electron chi connectivity index (χ2n) is 13.3. The van der Waals surface area contributed by atoms with Crippen molar-refractivity contribution in [1.29, 1.82) is 0 Å². The van der Waals surface area contributed by atoms with Gasteiger partial charge in [0, 0.05) is 27.6 Å². The van der Waals surface area contributed by atoms with E-state index < -0.39 is 0 Å². The van der Waals surface area contributed by atoms with E-state index in [1.165, 1.54) is 43.8 Å². The molecule has 0 radical (unpaired) electrons.